The SMILES string of the molecule is CC(C)CC(NC(=O)C1CCN(C(=O)N(C)C)CC1)c1cccc(C(F)(F)F)c1. The number of rotatable bonds is 5. The van der Waals surface area contributed by atoms with Crippen LogP contribution in [-0.4, -0.2) is 48.9 Å². The van der Waals surface area contributed by atoms with Crippen molar-refractivity contribution in [2.75, 3.05) is 27.2 Å². The van der Waals surface area contributed by atoms with Crippen molar-refractivity contribution in [1.29, 1.82) is 0 Å². The van der Waals surface area contributed by atoms with E-state index in [2.05, 4.69) is 5.32 Å². The maximum atomic E-state index is 13.1. The zero-order valence-corrected chi connectivity index (χ0v) is 17.4. The van der Waals surface area contributed by atoms with Gasteiger partial charge < -0.3 is 15.1 Å². The molecular formula is C21H30F3N3O2. The monoisotopic (exact) mass is 413 g/mol. The lowest BCUT2D eigenvalue weighted by Crippen LogP contribution is -2.46. The molecule has 5 nitrogen and oxygen atoms in total. The van der Waals surface area contributed by atoms with Gasteiger partial charge in [0.1, 0.15) is 0 Å². The molecule has 29 heavy (non-hydrogen) atoms. The molecule has 1 aliphatic heterocycles. The van der Waals surface area contributed by atoms with Crippen molar-refractivity contribution in [3.63, 3.8) is 0 Å². The van der Waals surface area contributed by atoms with Gasteiger partial charge >= 0.3 is 12.2 Å². The lowest BCUT2D eigenvalue weighted by molar-refractivity contribution is -0.137. The van der Waals surface area contributed by atoms with Crippen molar-refractivity contribution in [1.82, 2.24) is 15.1 Å². The summed E-state index contributed by atoms with van der Waals surface area (Å²) in [6.45, 7) is 4.93. The van der Waals surface area contributed by atoms with Crippen molar-refractivity contribution in [2.45, 2.75) is 45.3 Å². The second-order valence-electron chi connectivity index (χ2n) is 8.25. The number of urea groups is 1. The maximum absolute atomic E-state index is 13.1. The van der Waals surface area contributed by atoms with Gasteiger partial charge in [-0.1, -0.05) is 26.0 Å². The Morgan fingerprint density at radius 2 is 1.83 bits per heavy atom. The first kappa shape index (κ1) is 23.0. The molecule has 0 spiro atoms. The Labute approximate surface area is 170 Å². The van der Waals surface area contributed by atoms with Crippen molar-refractivity contribution in [3.05, 3.63) is 35.4 Å². The number of hydrogen-bond donors (Lipinski definition) is 1. The van der Waals surface area contributed by atoms with Crippen LogP contribution in [0.1, 0.15) is 50.3 Å². The summed E-state index contributed by atoms with van der Waals surface area (Å²) in [5, 5.41) is 2.96. The molecule has 1 fully saturated rings. The Morgan fingerprint density at radius 3 is 2.34 bits per heavy atom. The summed E-state index contributed by atoms with van der Waals surface area (Å²) in [4.78, 5) is 28.1. The van der Waals surface area contributed by atoms with Crippen LogP contribution in [0.25, 0.3) is 0 Å². The topological polar surface area (TPSA) is 52.7 Å². The molecule has 1 unspecified atom stereocenters. The lowest BCUT2D eigenvalue weighted by Gasteiger charge is -2.34. The van der Waals surface area contributed by atoms with Gasteiger partial charge in [0.05, 0.1) is 11.6 Å². The zero-order valence-electron chi connectivity index (χ0n) is 17.4. The average molecular weight is 413 g/mol. The fourth-order valence-corrected chi connectivity index (χ4v) is 3.59. The van der Waals surface area contributed by atoms with Gasteiger partial charge in [0.25, 0.3) is 0 Å². The minimum Gasteiger partial charge on any atom is -0.349 e. The third kappa shape index (κ3) is 6.37. The summed E-state index contributed by atoms with van der Waals surface area (Å²) >= 11 is 0. The summed E-state index contributed by atoms with van der Waals surface area (Å²) in [6.07, 6.45) is -2.79. The van der Waals surface area contributed by atoms with Gasteiger partial charge in [-0.2, -0.15) is 13.2 Å². The Bertz CT molecular complexity index is 711. The second-order valence-corrected chi connectivity index (χ2v) is 8.25. The number of piperidine rings is 1. The highest BCUT2D eigenvalue weighted by Crippen LogP contribution is 2.32. The first-order valence-corrected chi connectivity index (χ1v) is 9.92. The van der Waals surface area contributed by atoms with E-state index in [1.807, 2.05) is 13.8 Å². The molecule has 3 amide bonds. The number of hydrogen-bond acceptors (Lipinski definition) is 2. The van der Waals surface area contributed by atoms with Crippen molar-refractivity contribution >= 4 is 11.9 Å². The predicted molar refractivity (Wildman–Crippen MR) is 105 cm³/mol. The van der Waals surface area contributed by atoms with Crippen LogP contribution in [0.5, 0.6) is 0 Å². The van der Waals surface area contributed by atoms with E-state index < -0.39 is 17.8 Å². The molecule has 1 atom stereocenters. The van der Waals surface area contributed by atoms with Crippen LogP contribution in [0.3, 0.4) is 0 Å². The number of carbonyl (C=O) groups is 2. The van der Waals surface area contributed by atoms with Crippen LogP contribution in [-0.2, 0) is 11.0 Å². The first-order valence-electron chi connectivity index (χ1n) is 9.92. The Hall–Kier alpha value is -2.25. The van der Waals surface area contributed by atoms with Crippen LogP contribution in [0.2, 0.25) is 0 Å². The smallest absolute Gasteiger partial charge is 0.349 e. The molecule has 8 heteroatoms. The van der Waals surface area contributed by atoms with Crippen LogP contribution in [0.4, 0.5) is 18.0 Å². The summed E-state index contributed by atoms with van der Waals surface area (Å²) in [7, 11) is 3.37. The Kier molecular flexibility index (Phi) is 7.54. The van der Waals surface area contributed by atoms with Gasteiger partial charge in [-0.3, -0.25) is 4.79 Å². The molecular weight excluding hydrogens is 383 g/mol. The molecule has 0 aromatic heterocycles. The molecule has 0 bridgehead atoms. The highest BCUT2D eigenvalue weighted by Gasteiger charge is 2.32. The van der Waals surface area contributed by atoms with Crippen molar-refractivity contribution in [3.8, 4) is 0 Å². The van der Waals surface area contributed by atoms with E-state index in [9.17, 15) is 22.8 Å². The van der Waals surface area contributed by atoms with Gasteiger partial charge in [-0.25, -0.2) is 4.79 Å². The summed E-state index contributed by atoms with van der Waals surface area (Å²) in [5.74, 6) is -0.207. The molecule has 1 aromatic carbocycles. The second kappa shape index (κ2) is 9.50. The number of nitrogens with zero attached hydrogens (tertiary/aromatic N) is 2. The van der Waals surface area contributed by atoms with E-state index >= 15 is 0 Å². The Balaban J connectivity index is 2.07. The Morgan fingerprint density at radius 1 is 1.21 bits per heavy atom. The third-order valence-electron chi connectivity index (χ3n) is 5.16. The van der Waals surface area contributed by atoms with Crippen LogP contribution < -0.4 is 5.32 Å². The fourth-order valence-electron chi connectivity index (χ4n) is 3.59. The molecule has 2 rings (SSSR count). The van der Waals surface area contributed by atoms with Gasteiger partial charge in [0.2, 0.25) is 5.91 Å². The highest BCUT2D eigenvalue weighted by atomic mass is 19.4. The normalized spacial score (nSPS) is 16.6. The maximum Gasteiger partial charge on any atom is 0.416 e. The molecule has 1 aromatic rings. The summed E-state index contributed by atoms with van der Waals surface area (Å²) < 4.78 is 39.2. The first-order chi connectivity index (χ1) is 13.5. The number of halogens is 3. The van der Waals surface area contributed by atoms with E-state index in [1.165, 1.54) is 11.0 Å². The molecule has 0 aliphatic carbocycles. The average Bonchev–Trinajstić information content (AvgIpc) is 2.66. The van der Waals surface area contributed by atoms with Gasteiger partial charge in [-0.15, -0.1) is 0 Å². The number of carbonyl (C=O) groups excluding carboxylic acids is 2. The van der Waals surface area contributed by atoms with Crippen molar-refractivity contribution in [2.24, 2.45) is 11.8 Å². The molecule has 1 saturated heterocycles. The quantitative estimate of drug-likeness (QED) is 0.782. The van der Waals surface area contributed by atoms with Crippen LogP contribution >= 0.6 is 0 Å². The third-order valence-corrected chi connectivity index (χ3v) is 5.16. The van der Waals surface area contributed by atoms with Gasteiger partial charge in [0.15, 0.2) is 0 Å². The van der Waals surface area contributed by atoms with Gasteiger partial charge in [-0.05, 0) is 42.9 Å². The molecule has 162 valence electrons. The highest BCUT2D eigenvalue weighted by molar-refractivity contribution is 5.80. The zero-order chi connectivity index (χ0) is 21.8. The fraction of sp³-hybridized carbons (Fsp3) is 0.619. The minimum atomic E-state index is -4.42. The number of alkyl halides is 3. The largest absolute Gasteiger partial charge is 0.416 e. The van der Waals surface area contributed by atoms with Crippen LogP contribution in [0, 0.1) is 11.8 Å². The summed E-state index contributed by atoms with van der Waals surface area (Å²) in [5.41, 5.74) is -0.254. The van der Waals surface area contributed by atoms with Gasteiger partial charge in [0, 0.05) is 33.1 Å². The predicted octanol–water partition coefficient (Wildman–Crippen LogP) is 4.30. The molecule has 1 aliphatic rings. The molecule has 0 radical (unpaired) electrons. The molecule has 1 N–H and O–H groups in total. The van der Waals surface area contributed by atoms with Crippen LogP contribution in [0.15, 0.2) is 24.3 Å². The number of amides is 3. The lowest BCUT2D eigenvalue weighted by atomic mass is 9.92. The minimum absolute atomic E-state index is 0.0782. The number of likely N-dealkylation sites (tertiary alicyclic amines) is 1. The molecule has 1 heterocycles. The van der Waals surface area contributed by atoms with E-state index in [4.69, 9.17) is 0 Å². The van der Waals surface area contributed by atoms with E-state index in [0.717, 1.165) is 12.1 Å². The number of nitrogens with one attached hydrogen (secondary N) is 1. The standard InChI is InChI=1S/C21H30F3N3O2/c1-14(2)12-18(16-6-5-7-17(13-16)21(22,23)24)25-19(28)15-8-10-27(11-9-15)20(29)26(3)4/h5-7,13-15,18H,8-12H2,1-4H3,(H,25,28). The number of benzene rings is 1. The van der Waals surface area contributed by atoms with Crippen molar-refractivity contribution < 1.29 is 22.8 Å². The van der Waals surface area contributed by atoms with E-state index in [1.54, 1.807) is 25.1 Å². The summed E-state index contributed by atoms with van der Waals surface area (Å²) in [6, 6.07) is 4.60. The molecule has 0 saturated carbocycles. The van der Waals surface area contributed by atoms with E-state index in [-0.39, 0.29) is 23.8 Å². The van der Waals surface area contributed by atoms with E-state index in [0.29, 0.717) is 37.9 Å².